The van der Waals surface area contributed by atoms with Crippen LogP contribution in [0.5, 0.6) is 0 Å². The summed E-state index contributed by atoms with van der Waals surface area (Å²) < 4.78 is 66.2. The molecule has 0 aliphatic carbocycles. The van der Waals surface area contributed by atoms with Crippen LogP contribution in [0.25, 0.3) is 22.9 Å². The van der Waals surface area contributed by atoms with Gasteiger partial charge in [-0.15, -0.1) is 20.4 Å². The molecular formula is C49H48F4N12O8. The van der Waals surface area contributed by atoms with Gasteiger partial charge in [-0.2, -0.15) is 17.6 Å². The average molecular weight is 1010 g/mol. The normalized spacial score (nSPS) is 16.9. The molecule has 380 valence electrons. The molecule has 4 aliphatic heterocycles. The van der Waals surface area contributed by atoms with Gasteiger partial charge in [0.25, 0.3) is 23.6 Å². The Morgan fingerprint density at radius 2 is 1.15 bits per heavy atom. The number of ether oxygens (including phenoxy) is 1. The lowest BCUT2D eigenvalue weighted by Gasteiger charge is -2.30. The number of carbonyl (C=O) groups is 5. The number of benzene rings is 2. The van der Waals surface area contributed by atoms with Crippen molar-refractivity contribution in [3.8, 4) is 22.9 Å². The van der Waals surface area contributed by atoms with E-state index in [0.717, 1.165) is 40.4 Å². The van der Waals surface area contributed by atoms with Crippen LogP contribution in [0, 0.1) is 0 Å². The molecule has 20 nitrogen and oxygen atoms in total. The summed E-state index contributed by atoms with van der Waals surface area (Å²) in [6.07, 6.45) is -2.25. The first-order chi connectivity index (χ1) is 34.5. The molecule has 10 rings (SSSR count). The zero-order valence-electron chi connectivity index (χ0n) is 40.5. The average Bonchev–Trinajstić information content (AvgIpc) is 4.21. The summed E-state index contributed by atoms with van der Waals surface area (Å²) in [6.45, 7) is 13.2. The van der Waals surface area contributed by atoms with E-state index in [9.17, 15) is 41.5 Å². The van der Waals surface area contributed by atoms with Crippen molar-refractivity contribution in [3.05, 3.63) is 107 Å². The van der Waals surface area contributed by atoms with E-state index in [-0.39, 0.29) is 30.8 Å². The van der Waals surface area contributed by atoms with Crippen molar-refractivity contribution >= 4 is 52.7 Å². The molecule has 73 heavy (non-hydrogen) atoms. The van der Waals surface area contributed by atoms with E-state index in [1.54, 1.807) is 89.8 Å². The molecule has 0 unspecified atom stereocenters. The van der Waals surface area contributed by atoms with Gasteiger partial charge in [-0.3, -0.25) is 44.1 Å². The number of hydrogen-bond donors (Lipinski definition) is 1. The second-order valence-electron chi connectivity index (χ2n) is 19.3. The number of pyridine rings is 2. The monoisotopic (exact) mass is 1010 g/mol. The number of amides is 7. The van der Waals surface area contributed by atoms with Crippen LogP contribution in [0.15, 0.2) is 81.9 Å². The van der Waals surface area contributed by atoms with Gasteiger partial charge >= 0.3 is 31.0 Å². The molecule has 0 radical (unpaired) electrons. The van der Waals surface area contributed by atoms with Crippen LogP contribution in [-0.2, 0) is 40.3 Å². The van der Waals surface area contributed by atoms with Crippen molar-refractivity contribution in [3.63, 3.8) is 0 Å². The quantitative estimate of drug-likeness (QED) is 0.0998. The first-order valence-electron chi connectivity index (χ1n) is 23.0. The highest BCUT2D eigenvalue weighted by molar-refractivity contribution is 6.18. The van der Waals surface area contributed by atoms with E-state index < -0.39 is 65.4 Å². The maximum atomic E-state index is 13.7. The van der Waals surface area contributed by atoms with Crippen LogP contribution in [0.3, 0.4) is 0 Å². The van der Waals surface area contributed by atoms with E-state index in [4.69, 9.17) is 13.6 Å². The van der Waals surface area contributed by atoms with Crippen molar-refractivity contribution < 1.29 is 55.1 Å². The van der Waals surface area contributed by atoms with Crippen molar-refractivity contribution in [2.45, 2.75) is 104 Å². The number of anilines is 4. The number of rotatable bonds is 10. The number of halogens is 4. The van der Waals surface area contributed by atoms with E-state index in [0.29, 0.717) is 46.9 Å². The molecule has 0 spiro atoms. The van der Waals surface area contributed by atoms with Gasteiger partial charge in [0.05, 0.1) is 52.7 Å². The SMILES string of the molecule is CC(C)(C)OC(=O)N1CCc2c1cccc2N1C(=O)N(Cc2ccc(-c3nnc(C(F)F)o3)cn2)C(=O)C1(C)C.CC1(C)C(=O)N(Cc2ccc(-c3nnc(C(F)F)o3)cn2)C(=O)N1c1cccc2c1CCN2. The summed E-state index contributed by atoms with van der Waals surface area (Å²) in [7, 11) is 0. The summed E-state index contributed by atoms with van der Waals surface area (Å²) in [6, 6.07) is 16.3. The molecule has 7 amide bonds. The van der Waals surface area contributed by atoms with Gasteiger partial charge in [0.15, 0.2) is 0 Å². The largest absolute Gasteiger partial charge is 0.443 e. The minimum absolute atomic E-state index is 0.0305. The number of alkyl halides is 4. The lowest BCUT2D eigenvalue weighted by molar-refractivity contribution is -0.131. The van der Waals surface area contributed by atoms with Crippen LogP contribution < -0.4 is 20.0 Å². The Morgan fingerprint density at radius 1 is 0.671 bits per heavy atom. The highest BCUT2D eigenvalue weighted by Gasteiger charge is 2.54. The van der Waals surface area contributed by atoms with Crippen LogP contribution in [-0.4, -0.2) is 99.9 Å². The minimum atomic E-state index is -2.89. The van der Waals surface area contributed by atoms with Crippen LogP contribution >= 0.6 is 0 Å². The zero-order valence-corrected chi connectivity index (χ0v) is 40.5. The van der Waals surface area contributed by atoms with E-state index in [1.165, 1.54) is 33.2 Å². The summed E-state index contributed by atoms with van der Waals surface area (Å²) in [4.78, 5) is 81.9. The van der Waals surface area contributed by atoms with E-state index in [1.807, 2.05) is 18.2 Å². The third-order valence-corrected chi connectivity index (χ3v) is 12.5. The minimum Gasteiger partial charge on any atom is -0.443 e. The van der Waals surface area contributed by atoms with Gasteiger partial charge in [-0.25, -0.2) is 14.4 Å². The molecule has 4 aliphatic rings. The molecule has 1 N–H and O–H groups in total. The number of urea groups is 2. The Balaban J connectivity index is 0.000000183. The van der Waals surface area contributed by atoms with Crippen LogP contribution in [0.1, 0.15) is 95.6 Å². The van der Waals surface area contributed by atoms with Gasteiger partial charge in [-0.1, -0.05) is 12.1 Å². The van der Waals surface area contributed by atoms with Crippen molar-refractivity contribution in [1.29, 1.82) is 0 Å². The van der Waals surface area contributed by atoms with Crippen molar-refractivity contribution in [2.75, 3.05) is 33.1 Å². The third-order valence-electron chi connectivity index (χ3n) is 12.5. The van der Waals surface area contributed by atoms with Crippen LogP contribution in [0.2, 0.25) is 0 Å². The predicted octanol–water partition coefficient (Wildman–Crippen LogP) is 8.90. The Morgan fingerprint density at radius 3 is 1.60 bits per heavy atom. The highest BCUT2D eigenvalue weighted by atomic mass is 19.3. The molecule has 2 saturated heterocycles. The first-order valence-corrected chi connectivity index (χ1v) is 23.0. The fraction of sp³-hybridized carbons (Fsp3) is 0.367. The van der Waals surface area contributed by atoms with Gasteiger partial charge < -0.3 is 18.9 Å². The smallest absolute Gasteiger partial charge is 0.414 e. The molecule has 0 bridgehead atoms. The number of carbonyl (C=O) groups excluding carboxylic acids is 5. The Hall–Kier alpha value is -8.31. The summed E-state index contributed by atoms with van der Waals surface area (Å²) >= 11 is 0. The summed E-state index contributed by atoms with van der Waals surface area (Å²) in [5, 5.41) is 17.1. The molecule has 6 aromatic rings. The Kier molecular flexibility index (Phi) is 12.7. The molecular weight excluding hydrogens is 961 g/mol. The topological polar surface area (TPSA) is 226 Å². The molecule has 2 aromatic carbocycles. The third kappa shape index (κ3) is 9.27. The number of imide groups is 2. The zero-order chi connectivity index (χ0) is 52.3. The van der Waals surface area contributed by atoms with Gasteiger partial charge in [-0.05, 0) is 110 Å². The molecule has 4 aromatic heterocycles. The molecule has 0 atom stereocenters. The molecule has 0 saturated carbocycles. The lowest BCUT2D eigenvalue weighted by Crippen LogP contribution is -2.44. The lowest BCUT2D eigenvalue weighted by atomic mass is 10.0. The highest BCUT2D eigenvalue weighted by Crippen LogP contribution is 2.43. The van der Waals surface area contributed by atoms with Gasteiger partial charge in [0.2, 0.25) is 11.8 Å². The first kappa shape index (κ1) is 49.7. The number of aromatic nitrogens is 6. The number of fused-ring (bicyclic) bond motifs is 2. The molecule has 24 heteroatoms. The molecule has 8 heterocycles. The predicted molar refractivity (Wildman–Crippen MR) is 252 cm³/mol. The van der Waals surface area contributed by atoms with Gasteiger partial charge in [0.1, 0.15) is 16.7 Å². The number of nitrogens with one attached hydrogen (secondary N) is 1. The van der Waals surface area contributed by atoms with E-state index in [2.05, 4.69) is 35.7 Å². The summed E-state index contributed by atoms with van der Waals surface area (Å²) in [5.74, 6) is -2.52. The fourth-order valence-corrected chi connectivity index (χ4v) is 8.99. The Bertz CT molecular complexity index is 3140. The van der Waals surface area contributed by atoms with E-state index >= 15 is 0 Å². The van der Waals surface area contributed by atoms with Crippen molar-refractivity contribution in [1.82, 2.24) is 40.2 Å². The maximum Gasteiger partial charge on any atom is 0.414 e. The summed E-state index contributed by atoms with van der Waals surface area (Å²) in [5.41, 5.74) is 3.23. The molecule has 2 fully saturated rings. The second kappa shape index (κ2) is 18.7. The maximum absolute atomic E-state index is 13.7. The Labute approximate surface area is 414 Å². The number of nitrogens with zero attached hydrogens (tertiary/aromatic N) is 11. The standard InChI is InChI=1S/C27H28F2N6O5.C22H20F2N6O3/c1-26(2,3)40-25(38)33-12-11-17-18(33)7-6-8-19(17)35-24(37)34(23(36)27(35,4)5)14-16-10-9-15(13-30-16)21-31-32-22(39-21)20(28)29;1-22(2)20(31)29(21(32)30(22)16-5-3-4-15-14(16)8-9-25-15)11-13-7-6-12(10-26-13)18-27-28-19(33-18)17(23)24/h6-10,13,20H,11-12,14H2,1-5H3;3-7,10,17,25H,8-9,11H2,1-2H3. The van der Waals surface area contributed by atoms with Gasteiger partial charge in [0, 0.05) is 42.3 Å². The second-order valence-corrected chi connectivity index (χ2v) is 19.3. The van der Waals surface area contributed by atoms with Crippen molar-refractivity contribution in [2.24, 2.45) is 0 Å². The number of hydrogen-bond acceptors (Lipinski definition) is 15. The fourth-order valence-electron chi connectivity index (χ4n) is 8.99. The van der Waals surface area contributed by atoms with Crippen LogP contribution in [0.4, 0.5) is 54.7 Å².